The maximum atomic E-state index is 13.0. The first kappa shape index (κ1) is 25.3. The van der Waals surface area contributed by atoms with Crippen LogP contribution in [-0.2, 0) is 9.59 Å². The number of ether oxygens (including phenoxy) is 2. The van der Waals surface area contributed by atoms with Gasteiger partial charge in [0.2, 0.25) is 11.8 Å². The molecule has 2 aromatic rings. The molecule has 2 aliphatic heterocycles. The van der Waals surface area contributed by atoms with Crippen molar-refractivity contribution in [3.63, 3.8) is 0 Å². The van der Waals surface area contributed by atoms with Gasteiger partial charge in [-0.25, -0.2) is 0 Å². The van der Waals surface area contributed by atoms with Gasteiger partial charge in [-0.15, -0.1) is 0 Å². The number of methoxy groups -OCH3 is 2. The lowest BCUT2D eigenvalue weighted by Gasteiger charge is -2.32. The van der Waals surface area contributed by atoms with Gasteiger partial charge in [-0.2, -0.15) is 0 Å². The van der Waals surface area contributed by atoms with Gasteiger partial charge in [0, 0.05) is 61.0 Å². The van der Waals surface area contributed by atoms with Crippen LogP contribution in [0.1, 0.15) is 36.0 Å². The fourth-order valence-corrected chi connectivity index (χ4v) is 4.88. The second-order valence-electron chi connectivity index (χ2n) is 9.37. The van der Waals surface area contributed by atoms with Gasteiger partial charge in [0.25, 0.3) is 5.91 Å². The smallest absolute Gasteiger partial charge is 0.254 e. The number of nitrogens with one attached hydrogen (secondary N) is 1. The first-order chi connectivity index (χ1) is 17.4. The number of piperidine rings is 2. The number of rotatable bonds is 7. The number of carbonyl (C=O) groups is 3. The molecule has 2 heterocycles. The van der Waals surface area contributed by atoms with Crippen molar-refractivity contribution in [3.05, 3.63) is 48.0 Å². The number of hydrogen-bond donors (Lipinski definition) is 2. The summed E-state index contributed by atoms with van der Waals surface area (Å²) in [5.74, 6) is 0.590. The van der Waals surface area contributed by atoms with Crippen LogP contribution in [-0.4, -0.2) is 63.0 Å². The third kappa shape index (κ3) is 5.90. The van der Waals surface area contributed by atoms with Crippen LogP contribution < -0.4 is 25.4 Å². The summed E-state index contributed by atoms with van der Waals surface area (Å²) in [6, 6.07) is 12.9. The van der Waals surface area contributed by atoms with E-state index in [2.05, 4.69) is 10.2 Å². The largest absolute Gasteiger partial charge is 0.497 e. The molecule has 0 unspecified atom stereocenters. The van der Waals surface area contributed by atoms with E-state index >= 15 is 0 Å². The Morgan fingerprint density at radius 2 is 1.39 bits per heavy atom. The molecule has 2 fully saturated rings. The molecule has 192 valence electrons. The molecular weight excluding hydrogens is 460 g/mol. The van der Waals surface area contributed by atoms with Crippen LogP contribution in [0, 0.1) is 11.8 Å². The van der Waals surface area contributed by atoms with Crippen LogP contribution in [0.2, 0.25) is 0 Å². The topological polar surface area (TPSA) is 114 Å². The molecule has 0 saturated carbocycles. The van der Waals surface area contributed by atoms with Crippen LogP contribution >= 0.6 is 0 Å². The average molecular weight is 495 g/mol. The summed E-state index contributed by atoms with van der Waals surface area (Å²) in [5, 5.41) is 3.01. The lowest BCUT2D eigenvalue weighted by atomic mass is 9.95. The highest BCUT2D eigenvalue weighted by Gasteiger charge is 2.28. The summed E-state index contributed by atoms with van der Waals surface area (Å²) in [7, 11) is 3.10. The van der Waals surface area contributed by atoms with Gasteiger partial charge in [0.1, 0.15) is 11.5 Å². The summed E-state index contributed by atoms with van der Waals surface area (Å²) < 4.78 is 10.5. The number of nitrogens with two attached hydrogens (primary N) is 1. The zero-order valence-corrected chi connectivity index (χ0v) is 20.9. The number of anilines is 2. The van der Waals surface area contributed by atoms with Gasteiger partial charge in [-0.05, 0) is 62.1 Å². The van der Waals surface area contributed by atoms with Crippen LogP contribution in [0.15, 0.2) is 42.5 Å². The second-order valence-corrected chi connectivity index (χ2v) is 9.37. The van der Waals surface area contributed by atoms with E-state index in [4.69, 9.17) is 15.2 Å². The molecule has 0 aliphatic carbocycles. The molecule has 0 bridgehead atoms. The Morgan fingerprint density at radius 1 is 0.833 bits per heavy atom. The fraction of sp³-hybridized carbons (Fsp3) is 0.444. The van der Waals surface area contributed by atoms with Crippen molar-refractivity contribution in [2.75, 3.05) is 50.6 Å². The minimum Gasteiger partial charge on any atom is -0.497 e. The zero-order valence-electron chi connectivity index (χ0n) is 20.9. The van der Waals surface area contributed by atoms with Crippen molar-refractivity contribution in [2.24, 2.45) is 17.6 Å². The summed E-state index contributed by atoms with van der Waals surface area (Å²) >= 11 is 0. The molecule has 0 aromatic heterocycles. The molecule has 2 saturated heterocycles. The van der Waals surface area contributed by atoms with E-state index in [-0.39, 0.29) is 29.6 Å². The number of benzene rings is 2. The third-order valence-electron chi connectivity index (χ3n) is 7.15. The Morgan fingerprint density at radius 3 is 1.92 bits per heavy atom. The molecule has 2 aromatic carbocycles. The number of nitrogens with zero attached hydrogens (tertiary/aromatic N) is 2. The Balaban J connectivity index is 1.28. The van der Waals surface area contributed by atoms with Gasteiger partial charge in [0.15, 0.2) is 0 Å². The fourth-order valence-electron chi connectivity index (χ4n) is 4.88. The predicted molar refractivity (Wildman–Crippen MR) is 137 cm³/mol. The van der Waals surface area contributed by atoms with E-state index in [1.165, 1.54) is 0 Å². The van der Waals surface area contributed by atoms with E-state index in [1.54, 1.807) is 37.3 Å². The Kier molecular flexibility index (Phi) is 7.97. The SMILES string of the molecule is COc1cc(OC)cc(C(=O)N2CCC(C(=O)Nc3ccc(N4CCC(C(N)=O)CC4)cc3)CC2)c1. The van der Waals surface area contributed by atoms with Gasteiger partial charge in [0.05, 0.1) is 14.2 Å². The van der Waals surface area contributed by atoms with E-state index in [9.17, 15) is 14.4 Å². The first-order valence-electron chi connectivity index (χ1n) is 12.4. The molecule has 9 nitrogen and oxygen atoms in total. The zero-order chi connectivity index (χ0) is 25.7. The van der Waals surface area contributed by atoms with E-state index < -0.39 is 0 Å². The lowest BCUT2D eigenvalue weighted by Crippen LogP contribution is -2.41. The monoisotopic (exact) mass is 494 g/mol. The summed E-state index contributed by atoms with van der Waals surface area (Å²) in [4.78, 5) is 41.2. The Bertz CT molecular complexity index is 1070. The van der Waals surface area contributed by atoms with Gasteiger partial charge in [-0.3, -0.25) is 14.4 Å². The number of primary amides is 1. The normalized spacial score (nSPS) is 16.9. The lowest BCUT2D eigenvalue weighted by molar-refractivity contribution is -0.122. The first-order valence-corrected chi connectivity index (χ1v) is 12.4. The number of likely N-dealkylation sites (tertiary alicyclic amines) is 1. The van der Waals surface area contributed by atoms with Crippen molar-refractivity contribution in [1.82, 2.24) is 4.90 Å². The maximum Gasteiger partial charge on any atom is 0.254 e. The quantitative estimate of drug-likeness (QED) is 0.612. The molecule has 9 heteroatoms. The molecule has 0 radical (unpaired) electrons. The van der Waals surface area contributed by atoms with Gasteiger partial charge < -0.3 is 30.3 Å². The number of amides is 3. The minimum absolute atomic E-state index is 0.0276. The van der Waals surface area contributed by atoms with Crippen LogP contribution in [0.5, 0.6) is 11.5 Å². The Labute approximate surface area is 211 Å². The number of hydrogen-bond acceptors (Lipinski definition) is 6. The van der Waals surface area contributed by atoms with Crippen molar-refractivity contribution in [2.45, 2.75) is 25.7 Å². The van der Waals surface area contributed by atoms with E-state index in [1.807, 2.05) is 24.3 Å². The van der Waals surface area contributed by atoms with Crippen LogP contribution in [0.25, 0.3) is 0 Å². The number of carbonyl (C=O) groups excluding carboxylic acids is 3. The highest BCUT2D eigenvalue weighted by Crippen LogP contribution is 2.27. The van der Waals surface area contributed by atoms with Crippen LogP contribution in [0.4, 0.5) is 11.4 Å². The summed E-state index contributed by atoms with van der Waals surface area (Å²) in [6.45, 7) is 2.60. The molecule has 4 rings (SSSR count). The molecule has 0 atom stereocenters. The van der Waals surface area contributed by atoms with Crippen LogP contribution in [0.3, 0.4) is 0 Å². The average Bonchev–Trinajstić information content (AvgIpc) is 2.92. The molecule has 3 N–H and O–H groups in total. The Hall–Kier alpha value is -3.75. The van der Waals surface area contributed by atoms with Crippen molar-refractivity contribution in [1.29, 1.82) is 0 Å². The maximum absolute atomic E-state index is 13.0. The van der Waals surface area contributed by atoms with Gasteiger partial charge in [-0.1, -0.05) is 0 Å². The van der Waals surface area contributed by atoms with Crippen molar-refractivity contribution in [3.8, 4) is 11.5 Å². The highest BCUT2D eigenvalue weighted by atomic mass is 16.5. The molecule has 3 amide bonds. The summed E-state index contributed by atoms with van der Waals surface area (Å²) in [5.41, 5.74) is 7.75. The molecule has 2 aliphatic rings. The standard InChI is InChI=1S/C27H34N4O5/c1-35-23-15-20(16-24(17-23)36-2)27(34)31-13-9-19(10-14-31)26(33)29-21-3-5-22(6-4-21)30-11-7-18(8-12-30)25(28)32/h3-6,15-19H,7-14H2,1-2H3,(H2,28,32)(H,29,33). The minimum atomic E-state index is -0.219. The van der Waals surface area contributed by atoms with Gasteiger partial charge >= 0.3 is 0 Å². The van der Waals surface area contributed by atoms with Crippen molar-refractivity contribution < 1.29 is 23.9 Å². The summed E-state index contributed by atoms with van der Waals surface area (Å²) in [6.07, 6.45) is 2.73. The van der Waals surface area contributed by atoms with E-state index in [0.29, 0.717) is 43.0 Å². The molecule has 36 heavy (non-hydrogen) atoms. The van der Waals surface area contributed by atoms with E-state index in [0.717, 1.165) is 37.3 Å². The molecule has 0 spiro atoms. The third-order valence-corrected chi connectivity index (χ3v) is 7.15. The molecular formula is C27H34N4O5. The highest BCUT2D eigenvalue weighted by molar-refractivity contribution is 5.96. The van der Waals surface area contributed by atoms with Crippen molar-refractivity contribution >= 4 is 29.1 Å². The second kappa shape index (κ2) is 11.3. The predicted octanol–water partition coefficient (Wildman–Crippen LogP) is 2.90.